The van der Waals surface area contributed by atoms with Crippen molar-refractivity contribution in [3.8, 4) is 0 Å². The topological polar surface area (TPSA) is 45.2 Å². The van der Waals surface area contributed by atoms with Crippen LogP contribution in [0.1, 0.15) is 22.8 Å². The zero-order valence-corrected chi connectivity index (χ0v) is 15.2. The highest BCUT2D eigenvalue weighted by Crippen LogP contribution is 2.23. The van der Waals surface area contributed by atoms with E-state index in [4.69, 9.17) is 0 Å². The van der Waals surface area contributed by atoms with Gasteiger partial charge in [0.25, 0.3) is 5.91 Å². The highest BCUT2D eigenvalue weighted by molar-refractivity contribution is 5.95. The van der Waals surface area contributed by atoms with E-state index < -0.39 is 0 Å². The predicted molar refractivity (Wildman–Crippen MR) is 106 cm³/mol. The molecule has 0 fully saturated rings. The number of carbonyl (C=O) groups excluding carboxylic acids is 1. The van der Waals surface area contributed by atoms with Crippen LogP contribution in [0.5, 0.6) is 0 Å². The van der Waals surface area contributed by atoms with Gasteiger partial charge in [-0.05, 0) is 49.2 Å². The second-order valence-electron chi connectivity index (χ2n) is 6.08. The summed E-state index contributed by atoms with van der Waals surface area (Å²) in [6.07, 6.45) is 2.08. The van der Waals surface area contributed by atoms with Crippen molar-refractivity contribution in [2.45, 2.75) is 13.3 Å². The number of anilines is 2. The standard InChI is InChI=1S/C22H22FN3O/c1-2-26(19-9-4-3-5-10-19)21-16-18(13-14-24-21)22(27)25-15-12-17-8-6-7-11-20(17)23/h3-11,13-14,16H,2,12,15H2,1H3,(H,25,27). The molecule has 0 spiro atoms. The van der Waals surface area contributed by atoms with E-state index in [1.54, 1.807) is 36.5 Å². The molecular weight excluding hydrogens is 341 g/mol. The fourth-order valence-corrected chi connectivity index (χ4v) is 2.91. The third kappa shape index (κ3) is 4.70. The van der Waals surface area contributed by atoms with Gasteiger partial charge < -0.3 is 10.2 Å². The van der Waals surface area contributed by atoms with Crippen molar-refractivity contribution in [3.63, 3.8) is 0 Å². The van der Waals surface area contributed by atoms with Crippen molar-refractivity contribution in [2.75, 3.05) is 18.0 Å². The van der Waals surface area contributed by atoms with Crippen LogP contribution in [0.4, 0.5) is 15.9 Å². The molecule has 27 heavy (non-hydrogen) atoms. The highest BCUT2D eigenvalue weighted by atomic mass is 19.1. The normalized spacial score (nSPS) is 10.4. The number of rotatable bonds is 7. The Hall–Kier alpha value is -3.21. The van der Waals surface area contributed by atoms with Crippen LogP contribution in [-0.2, 0) is 6.42 Å². The zero-order chi connectivity index (χ0) is 19.1. The Kier molecular flexibility index (Phi) is 6.15. The van der Waals surface area contributed by atoms with E-state index in [9.17, 15) is 9.18 Å². The van der Waals surface area contributed by atoms with Crippen molar-refractivity contribution >= 4 is 17.4 Å². The van der Waals surface area contributed by atoms with Crippen molar-refractivity contribution in [1.82, 2.24) is 10.3 Å². The molecule has 4 nitrogen and oxygen atoms in total. The molecule has 2 aromatic carbocycles. The Labute approximate surface area is 158 Å². The number of para-hydroxylation sites is 1. The molecule has 3 aromatic rings. The van der Waals surface area contributed by atoms with Gasteiger partial charge in [0, 0.05) is 30.5 Å². The van der Waals surface area contributed by atoms with E-state index >= 15 is 0 Å². The largest absolute Gasteiger partial charge is 0.352 e. The summed E-state index contributed by atoms with van der Waals surface area (Å²) < 4.78 is 13.7. The summed E-state index contributed by atoms with van der Waals surface area (Å²) in [6, 6.07) is 20.0. The van der Waals surface area contributed by atoms with E-state index in [0.29, 0.717) is 29.9 Å². The van der Waals surface area contributed by atoms with Crippen LogP contribution >= 0.6 is 0 Å². The molecule has 138 valence electrons. The number of halogens is 1. The number of carbonyl (C=O) groups is 1. The zero-order valence-electron chi connectivity index (χ0n) is 15.2. The van der Waals surface area contributed by atoms with E-state index in [1.807, 2.05) is 42.2 Å². The molecule has 0 aliphatic carbocycles. The molecule has 0 saturated carbocycles. The molecule has 0 unspecified atom stereocenters. The van der Waals surface area contributed by atoms with Crippen molar-refractivity contribution in [3.05, 3.63) is 89.9 Å². The fourth-order valence-electron chi connectivity index (χ4n) is 2.91. The Morgan fingerprint density at radius 1 is 1.07 bits per heavy atom. The molecule has 0 saturated heterocycles. The molecule has 0 aliphatic heterocycles. The number of amides is 1. The third-order valence-corrected chi connectivity index (χ3v) is 4.31. The lowest BCUT2D eigenvalue weighted by atomic mass is 10.1. The Morgan fingerprint density at radius 2 is 1.81 bits per heavy atom. The lowest BCUT2D eigenvalue weighted by Gasteiger charge is -2.22. The van der Waals surface area contributed by atoms with Crippen LogP contribution in [0.25, 0.3) is 0 Å². The van der Waals surface area contributed by atoms with Crippen molar-refractivity contribution in [2.24, 2.45) is 0 Å². The van der Waals surface area contributed by atoms with Gasteiger partial charge in [0.1, 0.15) is 11.6 Å². The first-order chi connectivity index (χ1) is 13.2. The average Bonchev–Trinajstić information content (AvgIpc) is 2.71. The number of hydrogen-bond donors (Lipinski definition) is 1. The average molecular weight is 363 g/mol. The van der Waals surface area contributed by atoms with Gasteiger partial charge in [0.2, 0.25) is 0 Å². The Morgan fingerprint density at radius 3 is 2.56 bits per heavy atom. The molecule has 1 aromatic heterocycles. The van der Waals surface area contributed by atoms with Crippen molar-refractivity contribution in [1.29, 1.82) is 0 Å². The molecule has 1 N–H and O–H groups in total. The Balaban J connectivity index is 1.67. The summed E-state index contributed by atoms with van der Waals surface area (Å²) in [5.74, 6) is 0.268. The minimum atomic E-state index is -0.251. The quantitative estimate of drug-likeness (QED) is 0.679. The lowest BCUT2D eigenvalue weighted by molar-refractivity contribution is 0.0954. The van der Waals surface area contributed by atoms with Crippen LogP contribution in [-0.4, -0.2) is 24.0 Å². The maximum atomic E-state index is 13.7. The molecule has 3 rings (SSSR count). The lowest BCUT2D eigenvalue weighted by Crippen LogP contribution is -2.26. The minimum Gasteiger partial charge on any atom is -0.352 e. The van der Waals surface area contributed by atoms with Crippen LogP contribution in [0.3, 0.4) is 0 Å². The van der Waals surface area contributed by atoms with Gasteiger partial charge in [-0.1, -0.05) is 36.4 Å². The highest BCUT2D eigenvalue weighted by Gasteiger charge is 2.12. The first kappa shape index (κ1) is 18.6. The summed E-state index contributed by atoms with van der Waals surface area (Å²) >= 11 is 0. The molecule has 1 amide bonds. The maximum Gasteiger partial charge on any atom is 0.251 e. The molecule has 0 atom stereocenters. The maximum absolute atomic E-state index is 13.7. The summed E-state index contributed by atoms with van der Waals surface area (Å²) in [7, 11) is 0. The molecule has 0 aliphatic rings. The van der Waals surface area contributed by atoms with Gasteiger partial charge in [0.05, 0.1) is 0 Å². The number of hydrogen-bond acceptors (Lipinski definition) is 3. The first-order valence-electron chi connectivity index (χ1n) is 8.99. The molecule has 0 radical (unpaired) electrons. The smallest absolute Gasteiger partial charge is 0.251 e. The van der Waals surface area contributed by atoms with Crippen LogP contribution in [0, 0.1) is 5.82 Å². The summed E-state index contributed by atoms with van der Waals surface area (Å²) in [5, 5.41) is 2.85. The van der Waals surface area contributed by atoms with Crippen LogP contribution in [0.15, 0.2) is 72.9 Å². The van der Waals surface area contributed by atoms with E-state index in [0.717, 1.165) is 12.2 Å². The summed E-state index contributed by atoms with van der Waals surface area (Å²) in [4.78, 5) is 18.9. The van der Waals surface area contributed by atoms with E-state index in [2.05, 4.69) is 10.3 Å². The van der Waals surface area contributed by atoms with Gasteiger partial charge >= 0.3 is 0 Å². The van der Waals surface area contributed by atoms with Gasteiger partial charge in [-0.25, -0.2) is 9.37 Å². The second kappa shape index (κ2) is 8.94. The molecule has 1 heterocycles. The molecule has 0 bridgehead atoms. The third-order valence-electron chi connectivity index (χ3n) is 4.31. The van der Waals surface area contributed by atoms with E-state index in [-0.39, 0.29) is 11.7 Å². The predicted octanol–water partition coefficient (Wildman–Crippen LogP) is 4.35. The minimum absolute atomic E-state index is 0.195. The number of pyridine rings is 1. The van der Waals surface area contributed by atoms with Gasteiger partial charge in [-0.2, -0.15) is 0 Å². The monoisotopic (exact) mass is 363 g/mol. The number of aromatic nitrogens is 1. The fraction of sp³-hybridized carbons (Fsp3) is 0.182. The van der Waals surface area contributed by atoms with Crippen molar-refractivity contribution < 1.29 is 9.18 Å². The van der Waals surface area contributed by atoms with Gasteiger partial charge in [0.15, 0.2) is 0 Å². The summed E-state index contributed by atoms with van der Waals surface area (Å²) in [6.45, 7) is 3.14. The van der Waals surface area contributed by atoms with E-state index in [1.165, 1.54) is 6.07 Å². The summed E-state index contributed by atoms with van der Waals surface area (Å²) in [5.41, 5.74) is 2.14. The number of nitrogens with one attached hydrogen (secondary N) is 1. The first-order valence-corrected chi connectivity index (χ1v) is 8.99. The second-order valence-corrected chi connectivity index (χ2v) is 6.08. The number of benzene rings is 2. The van der Waals surface area contributed by atoms with Crippen LogP contribution < -0.4 is 10.2 Å². The van der Waals surface area contributed by atoms with Gasteiger partial charge in [-0.15, -0.1) is 0 Å². The van der Waals surface area contributed by atoms with Gasteiger partial charge in [-0.3, -0.25) is 4.79 Å². The number of nitrogens with zero attached hydrogens (tertiary/aromatic N) is 2. The molecular formula is C22H22FN3O. The molecule has 5 heteroatoms. The Bertz CT molecular complexity index is 899. The SMILES string of the molecule is CCN(c1ccccc1)c1cc(C(=O)NCCc2ccccc2F)ccn1. The van der Waals surface area contributed by atoms with Crippen LogP contribution in [0.2, 0.25) is 0 Å².